The Kier molecular flexibility index (Phi) is 4.34. The SMILES string of the molecule is CC(C)C1CC(C#N)(Nc2ccccc2Cl)CCO1. The maximum atomic E-state index is 9.58. The average molecular weight is 279 g/mol. The summed E-state index contributed by atoms with van der Waals surface area (Å²) in [7, 11) is 0. The number of nitrogens with one attached hydrogen (secondary N) is 1. The van der Waals surface area contributed by atoms with Crippen molar-refractivity contribution >= 4 is 17.3 Å². The van der Waals surface area contributed by atoms with Crippen LogP contribution in [0.25, 0.3) is 0 Å². The highest BCUT2D eigenvalue weighted by Gasteiger charge is 2.38. The van der Waals surface area contributed by atoms with Gasteiger partial charge in [0.2, 0.25) is 0 Å². The van der Waals surface area contributed by atoms with Crippen molar-refractivity contribution in [1.82, 2.24) is 0 Å². The van der Waals surface area contributed by atoms with Gasteiger partial charge >= 0.3 is 0 Å². The van der Waals surface area contributed by atoms with Crippen molar-refractivity contribution < 1.29 is 4.74 Å². The van der Waals surface area contributed by atoms with E-state index < -0.39 is 5.54 Å². The van der Waals surface area contributed by atoms with E-state index in [0.29, 0.717) is 30.4 Å². The molecule has 3 nitrogen and oxygen atoms in total. The fraction of sp³-hybridized carbons (Fsp3) is 0.533. The predicted octanol–water partition coefficient (Wildman–Crippen LogP) is 3.85. The molecule has 1 aliphatic heterocycles. The summed E-state index contributed by atoms with van der Waals surface area (Å²) in [5.41, 5.74) is 0.230. The summed E-state index contributed by atoms with van der Waals surface area (Å²) >= 11 is 6.16. The zero-order valence-electron chi connectivity index (χ0n) is 11.3. The van der Waals surface area contributed by atoms with Crippen LogP contribution in [0, 0.1) is 17.2 Å². The molecule has 0 radical (unpaired) electrons. The second-order valence-electron chi connectivity index (χ2n) is 5.41. The Hall–Kier alpha value is -1.24. The molecule has 0 saturated carbocycles. The molecule has 2 atom stereocenters. The van der Waals surface area contributed by atoms with Gasteiger partial charge in [-0.3, -0.25) is 0 Å². The number of rotatable bonds is 3. The van der Waals surface area contributed by atoms with Gasteiger partial charge in [0.15, 0.2) is 0 Å². The minimum absolute atomic E-state index is 0.114. The summed E-state index contributed by atoms with van der Waals surface area (Å²) < 4.78 is 5.74. The first kappa shape index (κ1) is 14.2. The summed E-state index contributed by atoms with van der Waals surface area (Å²) in [6.07, 6.45) is 1.48. The van der Waals surface area contributed by atoms with Gasteiger partial charge in [0.25, 0.3) is 0 Å². The molecule has 4 heteroatoms. The van der Waals surface area contributed by atoms with Crippen molar-refractivity contribution in [1.29, 1.82) is 5.26 Å². The molecule has 1 aliphatic rings. The lowest BCUT2D eigenvalue weighted by Crippen LogP contribution is -2.47. The second-order valence-corrected chi connectivity index (χ2v) is 5.81. The van der Waals surface area contributed by atoms with Crippen LogP contribution < -0.4 is 5.32 Å². The van der Waals surface area contributed by atoms with Crippen LogP contribution in [0.2, 0.25) is 5.02 Å². The van der Waals surface area contributed by atoms with Gasteiger partial charge < -0.3 is 10.1 Å². The van der Waals surface area contributed by atoms with Gasteiger partial charge in [-0.1, -0.05) is 37.6 Å². The molecule has 19 heavy (non-hydrogen) atoms. The quantitative estimate of drug-likeness (QED) is 0.913. The molecule has 1 aromatic carbocycles. The van der Waals surface area contributed by atoms with Crippen molar-refractivity contribution in [3.05, 3.63) is 29.3 Å². The predicted molar refractivity (Wildman–Crippen MR) is 77.2 cm³/mol. The first-order valence-corrected chi connectivity index (χ1v) is 7.00. The van der Waals surface area contributed by atoms with Gasteiger partial charge in [0, 0.05) is 12.8 Å². The molecule has 1 heterocycles. The smallest absolute Gasteiger partial charge is 0.130 e. The second kappa shape index (κ2) is 5.81. The molecule has 0 aliphatic carbocycles. The summed E-state index contributed by atoms with van der Waals surface area (Å²) in [6.45, 7) is 4.84. The molecule has 1 N–H and O–H groups in total. The Morgan fingerprint density at radius 1 is 1.47 bits per heavy atom. The molecular weight excluding hydrogens is 260 g/mol. The fourth-order valence-corrected chi connectivity index (χ4v) is 2.56. The zero-order chi connectivity index (χ0) is 13.9. The third-order valence-corrected chi connectivity index (χ3v) is 3.95. The molecule has 1 fully saturated rings. The van der Waals surface area contributed by atoms with Gasteiger partial charge in [-0.2, -0.15) is 5.26 Å². The number of ether oxygens (including phenoxy) is 1. The lowest BCUT2D eigenvalue weighted by Gasteiger charge is -2.38. The molecule has 2 unspecified atom stereocenters. The highest BCUT2D eigenvalue weighted by Crippen LogP contribution is 2.33. The molecule has 1 aromatic rings. The average Bonchev–Trinajstić information content (AvgIpc) is 2.42. The molecular formula is C15H19ClN2O. The first-order chi connectivity index (χ1) is 9.06. The summed E-state index contributed by atoms with van der Waals surface area (Å²) in [4.78, 5) is 0. The third kappa shape index (κ3) is 3.20. The van der Waals surface area contributed by atoms with Crippen molar-refractivity contribution in [3.63, 3.8) is 0 Å². The van der Waals surface area contributed by atoms with Crippen LogP contribution in [0.5, 0.6) is 0 Å². The van der Waals surface area contributed by atoms with Crippen LogP contribution in [-0.2, 0) is 4.74 Å². The van der Waals surface area contributed by atoms with Crippen LogP contribution in [-0.4, -0.2) is 18.2 Å². The van der Waals surface area contributed by atoms with E-state index in [1.54, 1.807) is 0 Å². The van der Waals surface area contributed by atoms with Crippen molar-refractivity contribution in [2.45, 2.75) is 38.3 Å². The van der Waals surface area contributed by atoms with E-state index in [0.717, 1.165) is 5.69 Å². The van der Waals surface area contributed by atoms with E-state index in [4.69, 9.17) is 16.3 Å². The van der Waals surface area contributed by atoms with Crippen LogP contribution in [0.1, 0.15) is 26.7 Å². The van der Waals surface area contributed by atoms with Gasteiger partial charge in [-0.05, 0) is 18.1 Å². The van der Waals surface area contributed by atoms with Gasteiger partial charge in [-0.25, -0.2) is 0 Å². The Morgan fingerprint density at radius 2 is 2.21 bits per heavy atom. The summed E-state index contributed by atoms with van der Waals surface area (Å²) in [5, 5.41) is 13.5. The topological polar surface area (TPSA) is 45.0 Å². The van der Waals surface area contributed by atoms with E-state index in [-0.39, 0.29) is 6.10 Å². The number of nitrogens with zero attached hydrogens (tertiary/aromatic N) is 1. The Morgan fingerprint density at radius 3 is 2.84 bits per heavy atom. The maximum Gasteiger partial charge on any atom is 0.130 e. The number of hydrogen-bond acceptors (Lipinski definition) is 3. The standard InChI is InChI=1S/C15H19ClN2O/c1-11(2)14-9-15(10-17,7-8-19-14)18-13-6-4-3-5-12(13)16/h3-6,11,14,18H,7-9H2,1-2H3. The number of para-hydroxylation sites is 1. The van der Waals surface area contributed by atoms with E-state index in [1.165, 1.54) is 0 Å². The normalized spacial score (nSPS) is 27.0. The third-order valence-electron chi connectivity index (χ3n) is 3.62. The lowest BCUT2D eigenvalue weighted by atomic mass is 9.84. The van der Waals surface area contributed by atoms with E-state index in [2.05, 4.69) is 25.2 Å². The highest BCUT2D eigenvalue weighted by atomic mass is 35.5. The molecule has 2 rings (SSSR count). The molecule has 0 amide bonds. The minimum atomic E-state index is -0.585. The van der Waals surface area contributed by atoms with Gasteiger partial charge in [-0.15, -0.1) is 0 Å². The van der Waals surface area contributed by atoms with Crippen molar-refractivity contribution in [2.75, 3.05) is 11.9 Å². The van der Waals surface area contributed by atoms with Gasteiger partial charge in [0.05, 0.1) is 29.5 Å². The number of nitriles is 1. The zero-order valence-corrected chi connectivity index (χ0v) is 12.1. The van der Waals surface area contributed by atoms with Crippen LogP contribution in [0.15, 0.2) is 24.3 Å². The molecule has 0 aromatic heterocycles. The molecule has 102 valence electrons. The Bertz CT molecular complexity index is 483. The van der Waals surface area contributed by atoms with Crippen molar-refractivity contribution in [3.8, 4) is 6.07 Å². The van der Waals surface area contributed by atoms with E-state index >= 15 is 0 Å². The molecule has 0 bridgehead atoms. The van der Waals surface area contributed by atoms with Crippen LogP contribution in [0.3, 0.4) is 0 Å². The largest absolute Gasteiger partial charge is 0.378 e. The first-order valence-electron chi connectivity index (χ1n) is 6.62. The molecule has 0 spiro atoms. The fourth-order valence-electron chi connectivity index (χ4n) is 2.38. The van der Waals surface area contributed by atoms with E-state index in [9.17, 15) is 5.26 Å². The Labute approximate surface area is 119 Å². The monoisotopic (exact) mass is 278 g/mol. The number of anilines is 1. The lowest BCUT2D eigenvalue weighted by molar-refractivity contribution is -0.0272. The highest BCUT2D eigenvalue weighted by molar-refractivity contribution is 6.33. The number of halogens is 1. The molecule has 1 saturated heterocycles. The van der Waals surface area contributed by atoms with Crippen molar-refractivity contribution in [2.24, 2.45) is 5.92 Å². The van der Waals surface area contributed by atoms with Crippen LogP contribution >= 0.6 is 11.6 Å². The maximum absolute atomic E-state index is 9.58. The van der Waals surface area contributed by atoms with Crippen LogP contribution in [0.4, 0.5) is 5.69 Å². The number of hydrogen-bond donors (Lipinski definition) is 1. The Balaban J connectivity index is 2.19. The summed E-state index contributed by atoms with van der Waals surface area (Å²) in [6, 6.07) is 9.96. The van der Waals surface area contributed by atoms with E-state index in [1.807, 2.05) is 24.3 Å². The number of benzene rings is 1. The van der Waals surface area contributed by atoms with Gasteiger partial charge in [0.1, 0.15) is 5.54 Å². The minimum Gasteiger partial charge on any atom is -0.378 e. The summed E-state index contributed by atoms with van der Waals surface area (Å²) in [5.74, 6) is 0.404.